The van der Waals surface area contributed by atoms with Gasteiger partial charge in [0, 0.05) is 46.5 Å². The molecule has 0 saturated carbocycles. The van der Waals surface area contributed by atoms with Crippen LogP contribution in [0.3, 0.4) is 0 Å². The molecule has 0 aliphatic carbocycles. The van der Waals surface area contributed by atoms with E-state index < -0.39 is 19.1 Å². The van der Waals surface area contributed by atoms with Crippen molar-refractivity contribution in [1.29, 1.82) is 0 Å². The Hall–Kier alpha value is -3.62. The first-order chi connectivity index (χ1) is 22.1. The van der Waals surface area contributed by atoms with Crippen LogP contribution in [0.1, 0.15) is 17.3 Å². The average molecular weight is 776 g/mol. The van der Waals surface area contributed by atoms with E-state index in [1.807, 2.05) is 0 Å². The number of anilines is 1. The molecule has 1 N–H and O–H groups in total. The van der Waals surface area contributed by atoms with Crippen molar-refractivity contribution in [3.05, 3.63) is 123 Å². The van der Waals surface area contributed by atoms with Crippen molar-refractivity contribution < 1.29 is 31.1 Å². The zero-order chi connectivity index (χ0) is 34.4. The minimum atomic E-state index is -3.87. The summed E-state index contributed by atoms with van der Waals surface area (Å²) < 4.78 is 60.9. The molecule has 0 atom stereocenters. The van der Waals surface area contributed by atoms with Gasteiger partial charge in [0.15, 0.2) is 5.78 Å². The molecule has 5 aromatic rings. The SMILES string of the molecule is CC(=O)c1ccc(NS(=O)(=O)c2ccc(Oc3cncc(Cl)c3)c(Cl)c2)cc1.O=S(=O)(Cl)c1ccc(Oc2cncc(Cl)c2)c(Cl)c1. The molecule has 0 bridgehead atoms. The van der Waals surface area contributed by atoms with Gasteiger partial charge in [0.25, 0.3) is 19.1 Å². The number of benzene rings is 3. The molecule has 0 amide bonds. The smallest absolute Gasteiger partial charge is 0.261 e. The van der Waals surface area contributed by atoms with Crippen molar-refractivity contribution >= 4 is 87.6 Å². The first kappa shape index (κ1) is 36.2. The van der Waals surface area contributed by atoms with E-state index in [9.17, 15) is 21.6 Å². The fourth-order valence-electron chi connectivity index (χ4n) is 3.58. The summed E-state index contributed by atoms with van der Waals surface area (Å²) in [5.74, 6) is 1.18. The van der Waals surface area contributed by atoms with Gasteiger partial charge in [0.05, 0.1) is 42.3 Å². The zero-order valence-electron chi connectivity index (χ0n) is 23.7. The molecule has 2 aromatic heterocycles. The summed E-state index contributed by atoms with van der Waals surface area (Å²) in [5.41, 5.74) is 0.814. The van der Waals surface area contributed by atoms with E-state index in [0.29, 0.717) is 32.8 Å². The minimum absolute atomic E-state index is 0.0373. The molecule has 0 aliphatic heterocycles. The van der Waals surface area contributed by atoms with E-state index in [-0.39, 0.29) is 37.1 Å². The van der Waals surface area contributed by atoms with Crippen LogP contribution in [0.2, 0.25) is 20.1 Å². The third-order valence-corrected chi connectivity index (χ3v) is 9.49. The van der Waals surface area contributed by atoms with Gasteiger partial charge in [-0.1, -0.05) is 46.4 Å². The van der Waals surface area contributed by atoms with Crippen molar-refractivity contribution in [3.8, 4) is 23.0 Å². The summed E-state index contributed by atoms with van der Waals surface area (Å²) >= 11 is 23.7. The molecule has 10 nitrogen and oxygen atoms in total. The van der Waals surface area contributed by atoms with Gasteiger partial charge >= 0.3 is 0 Å². The lowest BCUT2D eigenvalue weighted by Crippen LogP contribution is -2.13. The summed E-state index contributed by atoms with van der Waals surface area (Å²) in [6.45, 7) is 1.43. The highest BCUT2D eigenvalue weighted by atomic mass is 35.7. The lowest BCUT2D eigenvalue weighted by molar-refractivity contribution is 0.101. The zero-order valence-corrected chi connectivity index (χ0v) is 29.1. The molecular weight excluding hydrogens is 756 g/mol. The number of aromatic nitrogens is 2. The highest BCUT2D eigenvalue weighted by Crippen LogP contribution is 2.34. The fourth-order valence-corrected chi connectivity index (χ4v) is 6.34. The molecule has 244 valence electrons. The largest absolute Gasteiger partial charge is 0.454 e. The van der Waals surface area contributed by atoms with E-state index in [1.54, 1.807) is 24.3 Å². The molecule has 3 aromatic carbocycles. The Bertz CT molecular complexity index is 2150. The van der Waals surface area contributed by atoms with Crippen LogP contribution in [0, 0.1) is 0 Å². The molecule has 0 saturated heterocycles. The molecule has 0 fully saturated rings. The number of carbonyl (C=O) groups excluding carboxylic acids is 1. The second kappa shape index (κ2) is 15.5. The number of halogens is 5. The summed E-state index contributed by atoms with van der Waals surface area (Å²) in [6, 6.07) is 17.2. The number of nitrogens with zero attached hydrogens (tertiary/aromatic N) is 2. The van der Waals surface area contributed by atoms with Gasteiger partial charge in [0.1, 0.15) is 23.0 Å². The second-order valence-corrected chi connectivity index (χ2v) is 15.2. The Kier molecular flexibility index (Phi) is 12.0. The monoisotopic (exact) mass is 773 g/mol. The molecule has 0 spiro atoms. The summed E-state index contributed by atoms with van der Waals surface area (Å²) in [5, 5.41) is 1.03. The topological polar surface area (TPSA) is 142 Å². The number of sulfonamides is 1. The van der Waals surface area contributed by atoms with E-state index in [2.05, 4.69) is 14.7 Å². The third kappa shape index (κ3) is 10.4. The molecule has 47 heavy (non-hydrogen) atoms. The Morgan fingerprint density at radius 2 is 1.13 bits per heavy atom. The maximum Gasteiger partial charge on any atom is 0.261 e. The quantitative estimate of drug-likeness (QED) is 0.115. The van der Waals surface area contributed by atoms with Gasteiger partial charge in [-0.2, -0.15) is 0 Å². The van der Waals surface area contributed by atoms with Crippen LogP contribution >= 0.6 is 57.1 Å². The van der Waals surface area contributed by atoms with Crippen molar-refractivity contribution in [2.45, 2.75) is 16.7 Å². The van der Waals surface area contributed by atoms with E-state index in [1.165, 1.54) is 80.2 Å². The van der Waals surface area contributed by atoms with E-state index in [4.69, 9.17) is 66.6 Å². The number of rotatable bonds is 9. The average Bonchev–Trinajstić information content (AvgIpc) is 2.99. The van der Waals surface area contributed by atoms with Gasteiger partial charge in [-0.3, -0.25) is 19.5 Å². The number of Topliss-reactive ketones (excluding diaryl/α,β-unsaturated/α-hetero) is 1. The maximum absolute atomic E-state index is 12.6. The standard InChI is InChI=1S/C19H14Cl2N2O4S.C11H6Cl3NO3S/c1-12(24)13-2-4-15(5-3-13)23-28(25,26)17-6-7-19(18(21)9-17)27-16-8-14(20)10-22-11-16;12-7-3-8(6-15-5-7)18-11-2-1-9(4-10(11)13)19(14,16)17/h2-11,23H,1H3;1-6H. The lowest BCUT2D eigenvalue weighted by Gasteiger charge is -2.11. The van der Waals surface area contributed by atoms with Crippen LogP contribution < -0.4 is 14.2 Å². The Morgan fingerprint density at radius 1 is 0.660 bits per heavy atom. The predicted molar refractivity (Wildman–Crippen MR) is 182 cm³/mol. The highest BCUT2D eigenvalue weighted by Gasteiger charge is 2.17. The first-order valence-corrected chi connectivity index (χ1v) is 18.2. The fraction of sp³-hybridized carbons (Fsp3) is 0.0333. The van der Waals surface area contributed by atoms with Crippen LogP contribution in [0.4, 0.5) is 5.69 Å². The Labute approximate surface area is 294 Å². The second-order valence-electron chi connectivity index (χ2n) is 9.24. The van der Waals surface area contributed by atoms with Gasteiger partial charge < -0.3 is 9.47 Å². The van der Waals surface area contributed by atoms with Crippen molar-refractivity contribution in [2.24, 2.45) is 0 Å². The van der Waals surface area contributed by atoms with Crippen LogP contribution in [0.15, 0.2) is 107 Å². The van der Waals surface area contributed by atoms with Gasteiger partial charge in [-0.25, -0.2) is 16.8 Å². The Morgan fingerprint density at radius 3 is 1.55 bits per heavy atom. The number of ketones is 1. The molecule has 2 heterocycles. The summed E-state index contributed by atoms with van der Waals surface area (Å²) in [4.78, 5) is 18.9. The number of hydrogen-bond acceptors (Lipinski definition) is 9. The third-order valence-electron chi connectivity index (χ3n) is 5.76. The lowest BCUT2D eigenvalue weighted by atomic mass is 10.1. The normalized spacial score (nSPS) is 11.2. The number of nitrogens with one attached hydrogen (secondary N) is 1. The van der Waals surface area contributed by atoms with Crippen LogP contribution in [-0.2, 0) is 19.1 Å². The van der Waals surface area contributed by atoms with Crippen LogP contribution in [-0.4, -0.2) is 32.6 Å². The molecule has 0 unspecified atom stereocenters. The summed E-state index contributed by atoms with van der Waals surface area (Å²) in [6.07, 6.45) is 5.83. The molecule has 5 rings (SSSR count). The Balaban J connectivity index is 0.000000229. The molecule has 0 radical (unpaired) electrons. The van der Waals surface area contributed by atoms with E-state index in [0.717, 1.165) is 0 Å². The predicted octanol–water partition coefficient (Wildman–Crippen LogP) is 9.29. The number of pyridine rings is 2. The maximum atomic E-state index is 12.6. The van der Waals surface area contributed by atoms with Crippen LogP contribution in [0.25, 0.3) is 0 Å². The van der Waals surface area contributed by atoms with Gasteiger partial charge in [-0.15, -0.1) is 0 Å². The van der Waals surface area contributed by atoms with Crippen molar-refractivity contribution in [3.63, 3.8) is 0 Å². The van der Waals surface area contributed by atoms with Crippen LogP contribution in [0.5, 0.6) is 23.0 Å². The summed E-state index contributed by atoms with van der Waals surface area (Å²) in [7, 11) is -2.49. The number of hydrogen-bond donors (Lipinski definition) is 1. The van der Waals surface area contributed by atoms with Crippen molar-refractivity contribution in [1.82, 2.24) is 9.97 Å². The first-order valence-electron chi connectivity index (χ1n) is 12.8. The minimum Gasteiger partial charge on any atom is -0.454 e. The highest BCUT2D eigenvalue weighted by molar-refractivity contribution is 8.13. The molecular formula is C30H20Cl5N3O7S2. The van der Waals surface area contributed by atoms with Crippen molar-refractivity contribution in [2.75, 3.05) is 4.72 Å². The molecule has 0 aliphatic rings. The number of carbonyl (C=O) groups is 1. The molecule has 17 heteroatoms. The van der Waals surface area contributed by atoms with Gasteiger partial charge in [0.2, 0.25) is 0 Å². The van der Waals surface area contributed by atoms with Gasteiger partial charge in [-0.05, 0) is 67.6 Å². The number of ether oxygens (including phenoxy) is 2. The van der Waals surface area contributed by atoms with E-state index >= 15 is 0 Å².